The first-order valence-electron chi connectivity index (χ1n) is 6.57. The van der Waals surface area contributed by atoms with E-state index in [2.05, 4.69) is 68.1 Å². The number of benzene rings is 2. The predicted molar refractivity (Wildman–Crippen MR) is 79.7 cm³/mol. The Hall–Kier alpha value is -1.82. The van der Waals surface area contributed by atoms with E-state index in [9.17, 15) is 0 Å². The summed E-state index contributed by atoms with van der Waals surface area (Å²) in [6, 6.07) is 19.4. The van der Waals surface area contributed by atoms with Gasteiger partial charge in [-0.3, -0.25) is 0 Å². The molecule has 18 heavy (non-hydrogen) atoms. The van der Waals surface area contributed by atoms with Crippen LogP contribution in [0.2, 0.25) is 0 Å². The molecule has 0 radical (unpaired) electrons. The van der Waals surface area contributed by atoms with Gasteiger partial charge in [0.2, 0.25) is 0 Å². The third kappa shape index (κ3) is 3.10. The summed E-state index contributed by atoms with van der Waals surface area (Å²) in [5, 5.41) is 0. The van der Waals surface area contributed by atoms with E-state index >= 15 is 0 Å². The normalized spacial score (nSPS) is 12.1. The zero-order chi connectivity index (χ0) is 12.8. The van der Waals surface area contributed by atoms with Crippen LogP contribution < -0.4 is 0 Å². The molecule has 0 saturated heterocycles. The minimum absolute atomic E-state index is 0.604. The van der Waals surface area contributed by atoms with E-state index in [4.69, 9.17) is 0 Å². The molecule has 0 bridgehead atoms. The number of rotatable bonds is 5. The highest BCUT2D eigenvalue weighted by atomic mass is 14.1. The maximum absolute atomic E-state index is 3.78. The Bertz CT molecular complexity index is 479. The molecule has 0 aliphatic heterocycles. The lowest BCUT2D eigenvalue weighted by atomic mass is 9.94. The average Bonchev–Trinajstić information content (AvgIpc) is 2.46. The summed E-state index contributed by atoms with van der Waals surface area (Å²) < 4.78 is 0. The van der Waals surface area contributed by atoms with Gasteiger partial charge in [0.15, 0.2) is 0 Å². The predicted octanol–water partition coefficient (Wildman–Crippen LogP) is 5.42. The molecule has 0 spiro atoms. The van der Waals surface area contributed by atoms with Crippen LogP contribution in [0.5, 0.6) is 0 Å². The van der Waals surface area contributed by atoms with E-state index in [0.717, 1.165) is 6.42 Å². The van der Waals surface area contributed by atoms with E-state index in [1.165, 1.54) is 23.1 Å². The Balaban J connectivity index is 2.13. The molecule has 0 heterocycles. The maximum Gasteiger partial charge on any atom is -0.0184 e. The maximum atomic E-state index is 3.78. The highest BCUT2D eigenvalue weighted by Gasteiger charge is 2.04. The summed E-state index contributed by atoms with van der Waals surface area (Å²) in [5.41, 5.74) is 3.98. The summed E-state index contributed by atoms with van der Waals surface area (Å²) in [5.74, 6) is 0.604. The van der Waals surface area contributed by atoms with Crippen molar-refractivity contribution in [1.29, 1.82) is 0 Å². The van der Waals surface area contributed by atoms with Crippen LogP contribution in [0, 0.1) is 0 Å². The van der Waals surface area contributed by atoms with E-state index in [1.54, 1.807) is 0 Å². The van der Waals surface area contributed by atoms with Gasteiger partial charge in [-0.15, -0.1) is 6.58 Å². The van der Waals surface area contributed by atoms with Crippen LogP contribution in [0.1, 0.15) is 31.2 Å². The summed E-state index contributed by atoms with van der Waals surface area (Å²) in [7, 11) is 0. The fourth-order valence-corrected chi connectivity index (χ4v) is 2.17. The second-order valence-electron chi connectivity index (χ2n) is 4.76. The fraction of sp³-hybridized carbons (Fsp3) is 0.222. The zero-order valence-corrected chi connectivity index (χ0v) is 11.0. The van der Waals surface area contributed by atoms with Crippen LogP contribution in [-0.2, 0) is 0 Å². The van der Waals surface area contributed by atoms with Crippen molar-refractivity contribution in [3.05, 3.63) is 72.8 Å². The van der Waals surface area contributed by atoms with Crippen LogP contribution >= 0.6 is 0 Å². The third-order valence-corrected chi connectivity index (χ3v) is 3.39. The van der Waals surface area contributed by atoms with Gasteiger partial charge in [-0.05, 0) is 35.4 Å². The van der Waals surface area contributed by atoms with Gasteiger partial charge in [0, 0.05) is 0 Å². The molecule has 1 unspecified atom stereocenters. The van der Waals surface area contributed by atoms with E-state index in [-0.39, 0.29) is 0 Å². The first kappa shape index (κ1) is 12.6. The summed E-state index contributed by atoms with van der Waals surface area (Å²) in [6.45, 7) is 6.06. The summed E-state index contributed by atoms with van der Waals surface area (Å²) >= 11 is 0. The molecule has 0 amide bonds. The molecular weight excluding hydrogens is 216 g/mol. The van der Waals surface area contributed by atoms with Crippen LogP contribution in [0.25, 0.3) is 11.1 Å². The standard InChI is InChI=1S/C18H20/c1-3-4-8-15(2)16-11-13-18(14-12-16)17-9-6-5-7-10-17/h3,5-7,9-15H,1,4,8H2,2H3. The van der Waals surface area contributed by atoms with Gasteiger partial charge >= 0.3 is 0 Å². The number of hydrogen-bond acceptors (Lipinski definition) is 0. The van der Waals surface area contributed by atoms with Crippen molar-refractivity contribution >= 4 is 0 Å². The SMILES string of the molecule is C=CCCC(C)c1ccc(-c2ccccc2)cc1. The highest BCUT2D eigenvalue weighted by molar-refractivity contribution is 5.63. The Morgan fingerprint density at radius 1 is 0.944 bits per heavy atom. The molecule has 0 heteroatoms. The van der Waals surface area contributed by atoms with Crippen LogP contribution in [0.4, 0.5) is 0 Å². The van der Waals surface area contributed by atoms with E-state index in [0.29, 0.717) is 5.92 Å². The fourth-order valence-electron chi connectivity index (χ4n) is 2.17. The van der Waals surface area contributed by atoms with Gasteiger partial charge in [0.05, 0.1) is 0 Å². The van der Waals surface area contributed by atoms with Crippen molar-refractivity contribution in [2.75, 3.05) is 0 Å². The van der Waals surface area contributed by atoms with Crippen LogP contribution in [0.3, 0.4) is 0 Å². The van der Waals surface area contributed by atoms with Crippen molar-refractivity contribution in [3.63, 3.8) is 0 Å². The van der Waals surface area contributed by atoms with Gasteiger partial charge in [0.25, 0.3) is 0 Å². The minimum Gasteiger partial charge on any atom is -0.103 e. The molecule has 0 saturated carbocycles. The molecule has 2 rings (SSSR count). The second-order valence-corrected chi connectivity index (χ2v) is 4.76. The molecule has 1 atom stereocenters. The summed E-state index contributed by atoms with van der Waals surface area (Å²) in [6.07, 6.45) is 4.25. The van der Waals surface area contributed by atoms with Crippen molar-refractivity contribution in [2.45, 2.75) is 25.7 Å². The Morgan fingerprint density at radius 2 is 1.56 bits per heavy atom. The number of hydrogen-bond donors (Lipinski definition) is 0. The van der Waals surface area contributed by atoms with Crippen LogP contribution in [-0.4, -0.2) is 0 Å². The molecule has 0 aliphatic carbocycles. The summed E-state index contributed by atoms with van der Waals surface area (Å²) in [4.78, 5) is 0. The smallest absolute Gasteiger partial charge is 0.0184 e. The van der Waals surface area contributed by atoms with Crippen LogP contribution in [0.15, 0.2) is 67.3 Å². The monoisotopic (exact) mass is 236 g/mol. The molecule has 92 valence electrons. The van der Waals surface area contributed by atoms with Crippen molar-refractivity contribution in [2.24, 2.45) is 0 Å². The number of allylic oxidation sites excluding steroid dienone is 1. The first-order chi connectivity index (χ1) is 8.81. The van der Waals surface area contributed by atoms with Crippen molar-refractivity contribution < 1.29 is 0 Å². The topological polar surface area (TPSA) is 0 Å². The van der Waals surface area contributed by atoms with E-state index in [1.807, 2.05) is 6.08 Å². The molecule has 0 aromatic heterocycles. The molecule has 0 fully saturated rings. The first-order valence-corrected chi connectivity index (χ1v) is 6.57. The Kier molecular flexibility index (Phi) is 4.35. The quantitative estimate of drug-likeness (QED) is 0.608. The van der Waals surface area contributed by atoms with Crippen molar-refractivity contribution in [1.82, 2.24) is 0 Å². The van der Waals surface area contributed by atoms with Crippen molar-refractivity contribution in [3.8, 4) is 11.1 Å². The molecule has 0 N–H and O–H groups in total. The molecule has 2 aromatic rings. The van der Waals surface area contributed by atoms with Gasteiger partial charge in [-0.25, -0.2) is 0 Å². The molecule has 0 nitrogen and oxygen atoms in total. The third-order valence-electron chi connectivity index (χ3n) is 3.39. The lowest BCUT2D eigenvalue weighted by molar-refractivity contribution is 0.691. The molecule has 2 aromatic carbocycles. The van der Waals surface area contributed by atoms with Gasteiger partial charge < -0.3 is 0 Å². The average molecular weight is 236 g/mol. The van der Waals surface area contributed by atoms with E-state index < -0.39 is 0 Å². The lowest BCUT2D eigenvalue weighted by Gasteiger charge is -2.11. The van der Waals surface area contributed by atoms with Gasteiger partial charge in [-0.1, -0.05) is 67.6 Å². The Labute approximate surface area is 110 Å². The highest BCUT2D eigenvalue weighted by Crippen LogP contribution is 2.25. The molecular formula is C18H20. The zero-order valence-electron chi connectivity index (χ0n) is 11.0. The largest absolute Gasteiger partial charge is 0.103 e. The van der Waals surface area contributed by atoms with Gasteiger partial charge in [0.1, 0.15) is 0 Å². The minimum atomic E-state index is 0.604. The second kappa shape index (κ2) is 6.20. The molecule has 0 aliphatic rings. The Morgan fingerprint density at radius 3 is 2.17 bits per heavy atom. The lowest BCUT2D eigenvalue weighted by Crippen LogP contribution is -1.92. The van der Waals surface area contributed by atoms with Gasteiger partial charge in [-0.2, -0.15) is 0 Å².